The second-order valence-electron chi connectivity index (χ2n) is 3.62. The molecule has 8 heteroatoms. The maximum absolute atomic E-state index is 11.1. The van der Waals surface area contributed by atoms with Crippen molar-refractivity contribution in [3.63, 3.8) is 0 Å². The summed E-state index contributed by atoms with van der Waals surface area (Å²) in [6, 6.07) is 3.27. The van der Waals surface area contributed by atoms with Crippen molar-refractivity contribution >= 4 is 29.3 Å². The smallest absolute Gasteiger partial charge is 0.330 e. The van der Waals surface area contributed by atoms with Crippen molar-refractivity contribution in [1.29, 1.82) is 0 Å². The van der Waals surface area contributed by atoms with Crippen molar-refractivity contribution in [2.75, 3.05) is 26.7 Å². The van der Waals surface area contributed by atoms with Gasteiger partial charge in [-0.05, 0) is 23.2 Å². The van der Waals surface area contributed by atoms with Crippen LogP contribution >= 0.6 is 11.6 Å². The van der Waals surface area contributed by atoms with Gasteiger partial charge in [-0.2, -0.15) is 0 Å². The Morgan fingerprint density at radius 3 is 2.81 bits per heavy atom. The van der Waals surface area contributed by atoms with Gasteiger partial charge >= 0.3 is 5.97 Å². The number of alkyl halides is 1. The average molecular weight is 312 g/mol. The second-order valence-corrected chi connectivity index (χ2v) is 4.00. The van der Waals surface area contributed by atoms with E-state index in [0.717, 1.165) is 0 Å². The van der Waals surface area contributed by atoms with Gasteiger partial charge < -0.3 is 14.2 Å². The molecule has 0 fully saturated rings. The topological polar surface area (TPSA) is 93.5 Å². The highest BCUT2D eigenvalue weighted by Gasteiger charge is 2.13. The first-order chi connectivity index (χ1) is 10.2. The van der Waals surface area contributed by atoms with Crippen LogP contribution in [0.2, 0.25) is 0 Å². The summed E-state index contributed by atoms with van der Waals surface area (Å²) in [4.78, 5) is 13.9. The maximum atomic E-state index is 11.1. The third-order valence-electron chi connectivity index (χ3n) is 2.41. The number of hydrogen-bond donors (Lipinski definition) is 0. The summed E-state index contributed by atoms with van der Waals surface area (Å²) in [5.74, 6) is 0.405. The Hall–Kier alpha value is -2.37. The predicted molar refractivity (Wildman–Crippen MR) is 79.1 cm³/mol. The Bertz CT molecular complexity index is 583. The van der Waals surface area contributed by atoms with E-state index < -0.39 is 5.97 Å². The first-order valence-electron chi connectivity index (χ1n) is 5.88. The summed E-state index contributed by atoms with van der Waals surface area (Å²) in [6.07, 6.45) is 2.67. The Labute approximate surface area is 126 Å². The number of halogens is 1. The first-order valence-corrected chi connectivity index (χ1v) is 6.42. The molecule has 0 spiro atoms. The molecule has 0 aliphatic rings. The lowest BCUT2D eigenvalue weighted by Gasteiger charge is -2.14. The third-order valence-corrected chi connectivity index (χ3v) is 2.57. The van der Waals surface area contributed by atoms with Crippen LogP contribution in [0.4, 0.5) is 5.69 Å². The molecule has 7 nitrogen and oxygen atoms in total. The quantitative estimate of drug-likeness (QED) is 0.192. The number of esters is 1. The van der Waals surface area contributed by atoms with Crippen molar-refractivity contribution < 1.29 is 19.0 Å². The van der Waals surface area contributed by atoms with Gasteiger partial charge in [0.1, 0.15) is 6.61 Å². The van der Waals surface area contributed by atoms with Crippen molar-refractivity contribution in [1.82, 2.24) is 0 Å². The monoisotopic (exact) mass is 311 g/mol. The molecule has 0 unspecified atom stereocenters. The van der Waals surface area contributed by atoms with Gasteiger partial charge in [-0.25, -0.2) is 4.79 Å². The van der Waals surface area contributed by atoms with Gasteiger partial charge in [-0.15, -0.1) is 11.6 Å². The number of azide groups is 1. The Morgan fingerprint density at radius 2 is 2.24 bits per heavy atom. The van der Waals surface area contributed by atoms with Crippen LogP contribution < -0.4 is 9.47 Å². The largest absolute Gasteiger partial charge is 0.493 e. The van der Waals surface area contributed by atoms with Crippen molar-refractivity contribution in [2.24, 2.45) is 5.11 Å². The van der Waals surface area contributed by atoms with Gasteiger partial charge in [-0.1, -0.05) is 11.2 Å². The van der Waals surface area contributed by atoms with Gasteiger partial charge in [-0.3, -0.25) is 0 Å². The van der Waals surface area contributed by atoms with Gasteiger partial charge in [0.25, 0.3) is 0 Å². The minimum atomic E-state index is -0.527. The summed E-state index contributed by atoms with van der Waals surface area (Å²) in [5.41, 5.74) is 9.40. The van der Waals surface area contributed by atoms with E-state index in [1.165, 1.54) is 26.4 Å². The number of carbonyl (C=O) groups excluding carboxylic acids is 1. The van der Waals surface area contributed by atoms with Crippen LogP contribution in [0, 0.1) is 0 Å². The van der Waals surface area contributed by atoms with E-state index in [1.807, 2.05) is 0 Å². The zero-order chi connectivity index (χ0) is 15.7. The highest BCUT2D eigenvalue weighted by molar-refractivity contribution is 6.18. The Kier molecular flexibility index (Phi) is 6.94. The van der Waals surface area contributed by atoms with Crippen LogP contribution in [-0.4, -0.2) is 32.7 Å². The van der Waals surface area contributed by atoms with Gasteiger partial charge in [0.05, 0.1) is 25.8 Å². The normalized spacial score (nSPS) is 10.0. The lowest BCUT2D eigenvalue weighted by atomic mass is 10.1. The van der Waals surface area contributed by atoms with E-state index in [-0.39, 0.29) is 23.9 Å². The molecule has 0 aliphatic heterocycles. The van der Waals surface area contributed by atoms with E-state index in [1.54, 1.807) is 12.1 Å². The molecular formula is C13H14ClN3O4. The summed E-state index contributed by atoms with van der Waals surface area (Å²) in [6.45, 7) is 0.218. The van der Waals surface area contributed by atoms with Crippen LogP contribution in [-0.2, 0) is 9.53 Å². The number of benzene rings is 1. The molecule has 0 saturated carbocycles. The van der Waals surface area contributed by atoms with E-state index in [9.17, 15) is 4.79 Å². The SMILES string of the molecule is COC(=O)/C=C/c1ccc(OC)c(OCCCl)c1N=[N+]=[N-]. The number of nitrogens with zero attached hydrogens (tertiary/aromatic N) is 3. The number of ether oxygens (including phenoxy) is 3. The fraction of sp³-hybridized carbons (Fsp3) is 0.308. The summed E-state index contributed by atoms with van der Waals surface area (Å²) in [7, 11) is 2.73. The molecule has 0 aromatic heterocycles. The number of methoxy groups -OCH3 is 2. The van der Waals surface area contributed by atoms with Gasteiger partial charge in [0.15, 0.2) is 11.5 Å². The van der Waals surface area contributed by atoms with Gasteiger partial charge in [0, 0.05) is 11.0 Å². The van der Waals surface area contributed by atoms with Gasteiger partial charge in [0.2, 0.25) is 0 Å². The molecule has 0 bridgehead atoms. The Balaban J connectivity index is 3.33. The highest BCUT2D eigenvalue weighted by Crippen LogP contribution is 2.41. The maximum Gasteiger partial charge on any atom is 0.330 e. The predicted octanol–water partition coefficient (Wildman–Crippen LogP) is 3.44. The van der Waals surface area contributed by atoms with Crippen molar-refractivity contribution in [3.05, 3.63) is 34.2 Å². The van der Waals surface area contributed by atoms with Crippen LogP contribution in [0.5, 0.6) is 11.5 Å². The molecule has 1 aromatic rings. The van der Waals surface area contributed by atoms with E-state index in [2.05, 4.69) is 14.8 Å². The second kappa shape index (κ2) is 8.73. The average Bonchev–Trinajstić information content (AvgIpc) is 2.51. The number of carbonyl (C=O) groups is 1. The molecule has 0 amide bonds. The summed E-state index contributed by atoms with van der Waals surface area (Å²) in [5, 5.41) is 3.60. The molecular weight excluding hydrogens is 298 g/mol. The molecule has 0 heterocycles. The molecule has 0 radical (unpaired) electrons. The molecule has 0 N–H and O–H groups in total. The Morgan fingerprint density at radius 1 is 1.48 bits per heavy atom. The molecule has 0 atom stereocenters. The van der Waals surface area contributed by atoms with Crippen LogP contribution in [0.3, 0.4) is 0 Å². The van der Waals surface area contributed by atoms with Crippen LogP contribution in [0.25, 0.3) is 16.5 Å². The van der Waals surface area contributed by atoms with Crippen LogP contribution in [0.15, 0.2) is 23.3 Å². The highest BCUT2D eigenvalue weighted by atomic mass is 35.5. The molecule has 0 aliphatic carbocycles. The third kappa shape index (κ3) is 4.59. The first kappa shape index (κ1) is 16.7. The minimum absolute atomic E-state index is 0.210. The lowest BCUT2D eigenvalue weighted by molar-refractivity contribution is -0.134. The fourth-order valence-electron chi connectivity index (χ4n) is 1.52. The zero-order valence-corrected chi connectivity index (χ0v) is 12.3. The van der Waals surface area contributed by atoms with Crippen LogP contribution in [0.1, 0.15) is 5.56 Å². The molecule has 0 saturated heterocycles. The fourth-order valence-corrected chi connectivity index (χ4v) is 1.59. The number of hydrogen-bond acceptors (Lipinski definition) is 5. The number of rotatable bonds is 7. The van der Waals surface area contributed by atoms with E-state index in [4.69, 9.17) is 26.6 Å². The summed E-state index contributed by atoms with van der Waals surface area (Å²) >= 11 is 5.59. The molecule has 112 valence electrons. The van der Waals surface area contributed by atoms with Crippen molar-refractivity contribution in [3.8, 4) is 11.5 Å². The minimum Gasteiger partial charge on any atom is -0.493 e. The standard InChI is InChI=1S/C13H14ClN3O4/c1-19-10-5-3-9(4-6-11(18)20-2)12(16-17-15)13(10)21-8-7-14/h3-6H,7-8H2,1-2H3/b6-4+. The molecule has 1 aromatic carbocycles. The zero-order valence-electron chi connectivity index (χ0n) is 11.6. The van der Waals surface area contributed by atoms with Crippen molar-refractivity contribution in [2.45, 2.75) is 0 Å². The molecule has 1 rings (SSSR count). The molecule has 21 heavy (non-hydrogen) atoms. The van der Waals surface area contributed by atoms with E-state index >= 15 is 0 Å². The lowest BCUT2D eigenvalue weighted by Crippen LogP contribution is -2.01. The van der Waals surface area contributed by atoms with E-state index in [0.29, 0.717) is 11.3 Å². The summed E-state index contributed by atoms with van der Waals surface area (Å²) < 4.78 is 15.1.